The number of phenols is 1. The van der Waals surface area contributed by atoms with E-state index in [1.54, 1.807) is 24.3 Å². The van der Waals surface area contributed by atoms with Crippen molar-refractivity contribution < 1.29 is 14.7 Å². The van der Waals surface area contributed by atoms with Gasteiger partial charge in [-0.15, -0.1) is 0 Å². The molecule has 0 bridgehead atoms. The number of β-amino-alcohol motifs (C(OH)–C–C–N with tert-alkyl or cyclic N) is 1. The third-order valence-electron chi connectivity index (χ3n) is 2.97. The number of benzene rings is 1. The van der Waals surface area contributed by atoms with E-state index in [4.69, 9.17) is 4.52 Å². The van der Waals surface area contributed by atoms with Crippen LogP contribution in [0.15, 0.2) is 28.8 Å². The van der Waals surface area contributed by atoms with Crippen LogP contribution >= 0.6 is 0 Å². The van der Waals surface area contributed by atoms with Gasteiger partial charge in [0.05, 0.1) is 12.1 Å². The van der Waals surface area contributed by atoms with E-state index in [1.807, 2.05) is 0 Å². The lowest BCUT2D eigenvalue weighted by molar-refractivity contribution is 0.191. The van der Waals surface area contributed by atoms with Crippen LogP contribution in [0.2, 0.25) is 0 Å². The zero-order valence-electron chi connectivity index (χ0n) is 9.58. The maximum atomic E-state index is 9.44. The Labute approximate surface area is 103 Å². The molecule has 6 nitrogen and oxygen atoms in total. The van der Waals surface area contributed by atoms with Crippen molar-refractivity contribution in [2.24, 2.45) is 0 Å². The molecule has 1 aromatic carbocycles. The number of aromatic nitrogens is 2. The Bertz CT molecular complexity index is 538. The van der Waals surface area contributed by atoms with Gasteiger partial charge < -0.3 is 20.1 Å². The molecule has 0 saturated carbocycles. The molecule has 6 heteroatoms. The minimum Gasteiger partial charge on any atom is -0.508 e. The van der Waals surface area contributed by atoms with Gasteiger partial charge in [-0.2, -0.15) is 4.98 Å². The Balaban J connectivity index is 1.83. The van der Waals surface area contributed by atoms with Gasteiger partial charge in [0.1, 0.15) is 5.75 Å². The van der Waals surface area contributed by atoms with Crippen molar-refractivity contribution >= 4 is 0 Å². The van der Waals surface area contributed by atoms with Crippen molar-refractivity contribution in [3.63, 3.8) is 0 Å². The molecule has 0 aliphatic carbocycles. The normalized spacial score (nSPS) is 23.4. The lowest BCUT2D eigenvalue weighted by Gasteiger charge is -2.01. The minimum absolute atomic E-state index is 0.0848. The van der Waals surface area contributed by atoms with Gasteiger partial charge in [0.15, 0.2) is 0 Å². The van der Waals surface area contributed by atoms with Gasteiger partial charge in [-0.3, -0.25) is 0 Å². The molecule has 2 heterocycles. The number of hydrogen-bond acceptors (Lipinski definition) is 6. The molecule has 18 heavy (non-hydrogen) atoms. The number of aromatic hydroxyl groups is 1. The molecule has 1 fully saturated rings. The number of rotatable bonds is 2. The minimum atomic E-state index is -0.362. The van der Waals surface area contributed by atoms with Gasteiger partial charge >= 0.3 is 0 Å². The summed E-state index contributed by atoms with van der Waals surface area (Å²) >= 11 is 0. The van der Waals surface area contributed by atoms with Crippen LogP contribution in [0.1, 0.15) is 18.4 Å². The smallest absolute Gasteiger partial charge is 0.244 e. The lowest BCUT2D eigenvalue weighted by Crippen LogP contribution is -2.15. The third kappa shape index (κ3) is 2.07. The number of phenolic OH excluding ortho intramolecular Hbond substituents is 1. The summed E-state index contributed by atoms with van der Waals surface area (Å²) in [5.74, 6) is 1.16. The Morgan fingerprint density at radius 3 is 2.72 bits per heavy atom. The standard InChI is InChI=1S/C12H13N3O3/c16-8-3-1-7(2-4-8)11-14-12(18-15-11)10-5-9(17)6-13-10/h1-4,9-10,13,16-17H,5-6H2/t9-,10+/m1/s1. The second kappa shape index (κ2) is 4.40. The Morgan fingerprint density at radius 1 is 1.28 bits per heavy atom. The third-order valence-corrected chi connectivity index (χ3v) is 2.97. The van der Waals surface area contributed by atoms with Crippen molar-refractivity contribution in [3.8, 4) is 17.1 Å². The van der Waals surface area contributed by atoms with E-state index in [1.165, 1.54) is 0 Å². The summed E-state index contributed by atoms with van der Waals surface area (Å²) < 4.78 is 5.18. The van der Waals surface area contributed by atoms with Crippen molar-refractivity contribution in [1.82, 2.24) is 15.5 Å². The Morgan fingerprint density at radius 2 is 2.06 bits per heavy atom. The molecule has 2 atom stereocenters. The van der Waals surface area contributed by atoms with E-state index >= 15 is 0 Å². The van der Waals surface area contributed by atoms with Crippen molar-refractivity contribution in [1.29, 1.82) is 0 Å². The van der Waals surface area contributed by atoms with E-state index in [2.05, 4.69) is 15.5 Å². The van der Waals surface area contributed by atoms with E-state index in [-0.39, 0.29) is 17.9 Å². The maximum absolute atomic E-state index is 9.44. The summed E-state index contributed by atoms with van der Waals surface area (Å²) in [7, 11) is 0. The van der Waals surface area contributed by atoms with Crippen LogP contribution in [0.3, 0.4) is 0 Å². The first-order valence-electron chi connectivity index (χ1n) is 5.77. The van der Waals surface area contributed by atoms with Gasteiger partial charge in [-0.25, -0.2) is 0 Å². The topological polar surface area (TPSA) is 91.4 Å². The van der Waals surface area contributed by atoms with E-state index in [0.717, 1.165) is 5.56 Å². The molecule has 1 aromatic heterocycles. The number of nitrogens with zero attached hydrogens (tertiary/aromatic N) is 2. The fraction of sp³-hybridized carbons (Fsp3) is 0.333. The summed E-state index contributed by atoms with van der Waals surface area (Å²) in [5, 5.41) is 25.7. The molecule has 0 radical (unpaired) electrons. The summed E-state index contributed by atoms with van der Waals surface area (Å²) in [4.78, 5) is 4.29. The molecule has 0 unspecified atom stereocenters. The number of aliphatic hydroxyl groups excluding tert-OH is 1. The van der Waals surface area contributed by atoms with Crippen LogP contribution in [0, 0.1) is 0 Å². The second-order valence-corrected chi connectivity index (χ2v) is 4.35. The largest absolute Gasteiger partial charge is 0.508 e. The summed E-state index contributed by atoms with van der Waals surface area (Å²) in [6.07, 6.45) is 0.219. The van der Waals surface area contributed by atoms with Crippen molar-refractivity contribution in [2.45, 2.75) is 18.6 Å². The molecule has 94 valence electrons. The molecular weight excluding hydrogens is 234 g/mol. The van der Waals surface area contributed by atoms with Crippen LogP contribution in [0.4, 0.5) is 0 Å². The van der Waals surface area contributed by atoms with Gasteiger partial charge in [0.2, 0.25) is 11.7 Å². The predicted octanol–water partition coefficient (Wildman–Crippen LogP) is 0.837. The molecule has 2 aromatic rings. The molecule has 1 aliphatic rings. The molecule has 0 spiro atoms. The zero-order valence-corrected chi connectivity index (χ0v) is 9.58. The molecule has 3 N–H and O–H groups in total. The quantitative estimate of drug-likeness (QED) is 0.728. The molecule has 1 saturated heterocycles. The van der Waals surface area contributed by atoms with Crippen LogP contribution in [0.5, 0.6) is 5.75 Å². The average Bonchev–Trinajstić information content (AvgIpc) is 2.98. The molecule has 1 aliphatic heterocycles. The second-order valence-electron chi connectivity index (χ2n) is 4.35. The van der Waals surface area contributed by atoms with E-state index < -0.39 is 0 Å². The predicted molar refractivity (Wildman–Crippen MR) is 62.8 cm³/mol. The zero-order chi connectivity index (χ0) is 12.5. The number of nitrogens with one attached hydrogen (secondary N) is 1. The maximum Gasteiger partial charge on any atom is 0.244 e. The molecule has 3 rings (SSSR count). The van der Waals surface area contributed by atoms with Crippen LogP contribution in [0.25, 0.3) is 11.4 Å². The highest BCUT2D eigenvalue weighted by molar-refractivity contribution is 5.55. The van der Waals surface area contributed by atoms with Crippen molar-refractivity contribution in [3.05, 3.63) is 30.2 Å². The van der Waals surface area contributed by atoms with Crippen LogP contribution < -0.4 is 5.32 Å². The first-order chi connectivity index (χ1) is 8.72. The molecular formula is C12H13N3O3. The SMILES string of the molecule is Oc1ccc(-c2noc([C@@H]3C[C@@H](O)CN3)n2)cc1. The summed E-state index contributed by atoms with van der Waals surface area (Å²) in [5.41, 5.74) is 0.779. The van der Waals surface area contributed by atoms with Gasteiger partial charge in [0, 0.05) is 12.1 Å². The summed E-state index contributed by atoms with van der Waals surface area (Å²) in [6.45, 7) is 0.543. The van der Waals surface area contributed by atoms with Gasteiger partial charge in [-0.1, -0.05) is 5.16 Å². The number of aliphatic hydroxyl groups is 1. The average molecular weight is 247 g/mol. The molecule has 0 amide bonds. The Kier molecular flexibility index (Phi) is 2.73. The van der Waals surface area contributed by atoms with E-state index in [0.29, 0.717) is 24.7 Å². The van der Waals surface area contributed by atoms with Gasteiger partial charge in [0.25, 0.3) is 0 Å². The first kappa shape index (κ1) is 11.2. The van der Waals surface area contributed by atoms with Crippen LogP contribution in [-0.4, -0.2) is 33.0 Å². The van der Waals surface area contributed by atoms with E-state index in [9.17, 15) is 10.2 Å². The van der Waals surface area contributed by atoms with Crippen LogP contribution in [-0.2, 0) is 0 Å². The summed E-state index contributed by atoms with van der Waals surface area (Å²) in [6, 6.07) is 6.51. The lowest BCUT2D eigenvalue weighted by atomic mass is 10.2. The highest BCUT2D eigenvalue weighted by Crippen LogP contribution is 2.25. The highest BCUT2D eigenvalue weighted by atomic mass is 16.5. The first-order valence-corrected chi connectivity index (χ1v) is 5.77. The van der Waals surface area contributed by atoms with Crippen molar-refractivity contribution in [2.75, 3.05) is 6.54 Å². The number of hydrogen-bond donors (Lipinski definition) is 3. The fourth-order valence-corrected chi connectivity index (χ4v) is 2.01. The monoisotopic (exact) mass is 247 g/mol. The van der Waals surface area contributed by atoms with Gasteiger partial charge in [-0.05, 0) is 30.7 Å². The fourth-order valence-electron chi connectivity index (χ4n) is 2.01. The Hall–Kier alpha value is -1.92. The highest BCUT2D eigenvalue weighted by Gasteiger charge is 2.28.